The largest absolute Gasteiger partial charge is 0.469 e. The zero-order valence-corrected chi connectivity index (χ0v) is 18.2. The van der Waals surface area contributed by atoms with E-state index < -0.39 is 35.7 Å². The van der Waals surface area contributed by atoms with E-state index >= 15 is 0 Å². The monoisotopic (exact) mass is 477 g/mol. The number of nitrogens with zero attached hydrogens (tertiary/aromatic N) is 4. The molecule has 1 atom stereocenters. The third-order valence-electron chi connectivity index (χ3n) is 4.71. The SMILES string of the molecule is COC(=O)CC(NC(=O)Cn1c(=O)c2c(ncn2C)n(C)c1=O)c1ccc(Br)cc1. The van der Waals surface area contributed by atoms with E-state index in [4.69, 9.17) is 4.74 Å². The van der Waals surface area contributed by atoms with Crippen LogP contribution in [0.15, 0.2) is 44.7 Å². The number of hydrogen-bond acceptors (Lipinski definition) is 6. The number of carbonyl (C=O) groups excluding carboxylic acids is 2. The Balaban J connectivity index is 1.91. The molecule has 158 valence electrons. The summed E-state index contributed by atoms with van der Waals surface area (Å²) < 4.78 is 9.11. The van der Waals surface area contributed by atoms with Crippen LogP contribution in [-0.4, -0.2) is 37.7 Å². The molecule has 1 aromatic carbocycles. The standard InChI is InChI=1S/C19H20BrN5O5/c1-23-10-21-17-16(23)18(28)25(19(29)24(17)2)9-14(26)22-13(8-15(27)30-3)11-4-6-12(20)7-5-11/h4-7,10,13H,8-9H2,1-3H3,(H,22,26). The second kappa shape index (κ2) is 8.66. The van der Waals surface area contributed by atoms with Crippen molar-refractivity contribution in [1.82, 2.24) is 24.0 Å². The van der Waals surface area contributed by atoms with Crippen LogP contribution in [0.5, 0.6) is 0 Å². The van der Waals surface area contributed by atoms with E-state index in [1.807, 2.05) is 0 Å². The van der Waals surface area contributed by atoms with Crippen molar-refractivity contribution >= 4 is 39.0 Å². The van der Waals surface area contributed by atoms with Gasteiger partial charge >= 0.3 is 11.7 Å². The lowest BCUT2D eigenvalue weighted by Crippen LogP contribution is -2.44. The molecule has 0 spiro atoms. The minimum Gasteiger partial charge on any atom is -0.469 e. The number of halogens is 1. The number of esters is 1. The molecule has 0 bridgehead atoms. The lowest BCUT2D eigenvalue weighted by Gasteiger charge is -2.19. The molecule has 1 amide bonds. The highest BCUT2D eigenvalue weighted by atomic mass is 79.9. The van der Waals surface area contributed by atoms with Crippen molar-refractivity contribution in [3.63, 3.8) is 0 Å². The average Bonchev–Trinajstić information content (AvgIpc) is 3.11. The Morgan fingerprint density at radius 1 is 1.20 bits per heavy atom. The van der Waals surface area contributed by atoms with Crippen molar-refractivity contribution in [3.8, 4) is 0 Å². The van der Waals surface area contributed by atoms with Crippen molar-refractivity contribution in [2.45, 2.75) is 19.0 Å². The van der Waals surface area contributed by atoms with Gasteiger partial charge in [-0.25, -0.2) is 14.3 Å². The first-order chi connectivity index (χ1) is 14.2. The van der Waals surface area contributed by atoms with Crippen molar-refractivity contribution in [1.29, 1.82) is 0 Å². The molecule has 30 heavy (non-hydrogen) atoms. The van der Waals surface area contributed by atoms with Crippen LogP contribution in [0, 0.1) is 0 Å². The van der Waals surface area contributed by atoms with Gasteiger partial charge in [-0.1, -0.05) is 28.1 Å². The number of aromatic nitrogens is 4. The number of amides is 1. The molecule has 3 rings (SSSR count). The third-order valence-corrected chi connectivity index (χ3v) is 5.24. The molecule has 0 fully saturated rings. The van der Waals surface area contributed by atoms with Gasteiger partial charge in [0, 0.05) is 18.6 Å². The van der Waals surface area contributed by atoms with Gasteiger partial charge in [-0.15, -0.1) is 0 Å². The minimum absolute atomic E-state index is 0.0997. The maximum atomic E-state index is 12.8. The highest BCUT2D eigenvalue weighted by Crippen LogP contribution is 2.20. The summed E-state index contributed by atoms with van der Waals surface area (Å²) >= 11 is 3.34. The number of aryl methyl sites for hydroxylation is 2. The van der Waals surface area contributed by atoms with Gasteiger partial charge in [-0.05, 0) is 17.7 Å². The summed E-state index contributed by atoms with van der Waals surface area (Å²) in [6.45, 7) is -0.499. The lowest BCUT2D eigenvalue weighted by molar-refractivity contribution is -0.141. The molecule has 11 heteroatoms. The van der Waals surface area contributed by atoms with Gasteiger partial charge in [0.1, 0.15) is 6.54 Å². The van der Waals surface area contributed by atoms with Crippen molar-refractivity contribution in [3.05, 3.63) is 61.5 Å². The summed E-state index contributed by atoms with van der Waals surface area (Å²) in [6, 6.07) is 6.39. The van der Waals surface area contributed by atoms with Crippen molar-refractivity contribution in [2.75, 3.05) is 7.11 Å². The fourth-order valence-corrected chi connectivity index (χ4v) is 3.38. The number of imidazole rings is 1. The van der Waals surface area contributed by atoms with Crippen LogP contribution in [0.4, 0.5) is 0 Å². The molecular formula is C19H20BrN5O5. The fraction of sp³-hybridized carbons (Fsp3) is 0.316. The van der Waals surface area contributed by atoms with E-state index in [1.165, 1.54) is 29.6 Å². The summed E-state index contributed by atoms with van der Waals surface area (Å²) in [5.41, 5.74) is -0.142. The van der Waals surface area contributed by atoms with Gasteiger partial charge in [0.25, 0.3) is 5.56 Å². The fourth-order valence-electron chi connectivity index (χ4n) is 3.12. The summed E-state index contributed by atoms with van der Waals surface area (Å²) in [4.78, 5) is 53.9. The number of nitrogens with one attached hydrogen (secondary N) is 1. The zero-order valence-electron chi connectivity index (χ0n) is 16.6. The predicted octanol–water partition coefficient (Wildman–Crippen LogP) is 0.617. The van der Waals surface area contributed by atoms with Gasteiger partial charge in [0.2, 0.25) is 5.91 Å². The van der Waals surface area contributed by atoms with Crippen LogP contribution >= 0.6 is 15.9 Å². The number of carbonyl (C=O) groups is 2. The van der Waals surface area contributed by atoms with Crippen LogP contribution in [-0.2, 0) is 35.0 Å². The Labute approximate surface area is 179 Å². The third kappa shape index (κ3) is 4.20. The Hall–Kier alpha value is -3.21. The number of hydrogen-bond donors (Lipinski definition) is 1. The first kappa shape index (κ1) is 21.5. The van der Waals surface area contributed by atoms with Crippen LogP contribution in [0.3, 0.4) is 0 Å². The van der Waals surface area contributed by atoms with Crippen LogP contribution < -0.4 is 16.6 Å². The Morgan fingerprint density at radius 2 is 1.87 bits per heavy atom. The van der Waals surface area contributed by atoms with Gasteiger partial charge in [-0.2, -0.15) is 0 Å². The molecule has 0 aliphatic rings. The zero-order chi connectivity index (χ0) is 22.0. The Kier molecular flexibility index (Phi) is 6.20. The molecule has 1 N–H and O–H groups in total. The molecule has 1 unspecified atom stereocenters. The van der Waals surface area contributed by atoms with Gasteiger partial charge in [0.15, 0.2) is 11.2 Å². The predicted molar refractivity (Wildman–Crippen MR) is 112 cm³/mol. The van der Waals surface area contributed by atoms with E-state index in [1.54, 1.807) is 31.3 Å². The average molecular weight is 478 g/mol. The van der Waals surface area contributed by atoms with Gasteiger partial charge < -0.3 is 14.6 Å². The molecule has 0 aliphatic heterocycles. The first-order valence-electron chi connectivity index (χ1n) is 8.95. The molecule has 0 aliphatic carbocycles. The quantitative estimate of drug-likeness (QED) is 0.520. The molecule has 0 saturated carbocycles. The number of benzene rings is 1. The van der Waals surface area contributed by atoms with E-state index in [9.17, 15) is 19.2 Å². The maximum Gasteiger partial charge on any atom is 0.332 e. The van der Waals surface area contributed by atoms with E-state index in [0.717, 1.165) is 9.04 Å². The number of methoxy groups -OCH3 is 1. The van der Waals surface area contributed by atoms with E-state index in [-0.39, 0.29) is 17.6 Å². The summed E-state index contributed by atoms with van der Waals surface area (Å²) in [5.74, 6) is -1.10. The highest BCUT2D eigenvalue weighted by Gasteiger charge is 2.21. The molecular weight excluding hydrogens is 458 g/mol. The normalized spacial score (nSPS) is 12.0. The summed E-state index contributed by atoms with van der Waals surface area (Å²) in [7, 11) is 4.37. The van der Waals surface area contributed by atoms with E-state index in [0.29, 0.717) is 5.56 Å². The number of ether oxygens (including phenoxy) is 1. The van der Waals surface area contributed by atoms with E-state index in [2.05, 4.69) is 26.2 Å². The van der Waals surface area contributed by atoms with Crippen LogP contribution in [0.1, 0.15) is 18.0 Å². The smallest absolute Gasteiger partial charge is 0.332 e. The Morgan fingerprint density at radius 3 is 2.50 bits per heavy atom. The second-order valence-electron chi connectivity index (χ2n) is 6.71. The maximum absolute atomic E-state index is 12.8. The number of fused-ring (bicyclic) bond motifs is 1. The van der Waals surface area contributed by atoms with Crippen LogP contribution in [0.2, 0.25) is 0 Å². The minimum atomic E-state index is -0.682. The topological polar surface area (TPSA) is 117 Å². The van der Waals surface area contributed by atoms with Crippen LogP contribution in [0.25, 0.3) is 11.2 Å². The van der Waals surface area contributed by atoms with Crippen molar-refractivity contribution in [2.24, 2.45) is 14.1 Å². The number of rotatable bonds is 6. The first-order valence-corrected chi connectivity index (χ1v) is 9.74. The lowest BCUT2D eigenvalue weighted by atomic mass is 10.0. The van der Waals surface area contributed by atoms with Gasteiger partial charge in [0.05, 0.1) is 25.9 Å². The molecule has 10 nitrogen and oxygen atoms in total. The molecule has 0 saturated heterocycles. The molecule has 3 aromatic rings. The van der Waals surface area contributed by atoms with Crippen molar-refractivity contribution < 1.29 is 14.3 Å². The second-order valence-corrected chi connectivity index (χ2v) is 7.63. The summed E-state index contributed by atoms with van der Waals surface area (Å²) in [6.07, 6.45) is 1.33. The molecule has 2 heterocycles. The molecule has 0 radical (unpaired) electrons. The summed E-state index contributed by atoms with van der Waals surface area (Å²) in [5, 5.41) is 2.71. The highest BCUT2D eigenvalue weighted by molar-refractivity contribution is 9.10. The van der Waals surface area contributed by atoms with Gasteiger partial charge in [-0.3, -0.25) is 19.0 Å². The molecule has 2 aromatic heterocycles. The Bertz CT molecular complexity index is 1230.